The lowest BCUT2D eigenvalue weighted by Crippen LogP contribution is -2.26. The number of unbranched alkanes of at least 4 members (excludes halogenated alkanes) is 7. The van der Waals surface area contributed by atoms with Crippen molar-refractivity contribution in [2.45, 2.75) is 89.7 Å². The maximum Gasteiger partial charge on any atom is 0.312 e. The van der Waals surface area contributed by atoms with Gasteiger partial charge in [-0.3, -0.25) is 0 Å². The fraction of sp³-hybridized carbons (Fsp3) is 0.700. The van der Waals surface area contributed by atoms with Gasteiger partial charge in [-0.2, -0.15) is 8.42 Å². The summed E-state index contributed by atoms with van der Waals surface area (Å²) in [6.07, 6.45) is 11.6. The van der Waals surface area contributed by atoms with Crippen molar-refractivity contribution in [2.75, 3.05) is 0 Å². The molecule has 24 heavy (non-hydrogen) atoms. The predicted molar refractivity (Wildman–Crippen MR) is 102 cm³/mol. The molecule has 0 saturated heterocycles. The van der Waals surface area contributed by atoms with Crippen LogP contribution in [0.15, 0.2) is 30.3 Å². The van der Waals surface area contributed by atoms with Crippen LogP contribution in [-0.4, -0.2) is 13.7 Å². The molecule has 0 radical (unpaired) electrons. The Morgan fingerprint density at radius 3 is 1.92 bits per heavy atom. The third-order valence-corrected chi connectivity index (χ3v) is 6.09. The third kappa shape index (κ3) is 8.72. The van der Waals surface area contributed by atoms with Crippen LogP contribution in [0.1, 0.15) is 84.5 Å². The second-order valence-corrected chi connectivity index (χ2v) is 8.38. The van der Waals surface area contributed by atoms with Crippen LogP contribution < -0.4 is 4.18 Å². The Morgan fingerprint density at radius 1 is 0.792 bits per heavy atom. The smallest absolute Gasteiger partial charge is 0.312 e. The van der Waals surface area contributed by atoms with Gasteiger partial charge in [0.05, 0.1) is 5.25 Å². The molecule has 0 aliphatic heterocycles. The van der Waals surface area contributed by atoms with Gasteiger partial charge in [0.1, 0.15) is 5.75 Å². The molecule has 0 aromatic heterocycles. The topological polar surface area (TPSA) is 43.4 Å². The van der Waals surface area contributed by atoms with Crippen LogP contribution in [0.25, 0.3) is 0 Å². The minimum absolute atomic E-state index is 0.379. The molecule has 3 nitrogen and oxygen atoms in total. The first-order valence-corrected chi connectivity index (χ1v) is 11.1. The van der Waals surface area contributed by atoms with Gasteiger partial charge in [-0.15, -0.1) is 0 Å². The number of para-hydroxylation sites is 1. The van der Waals surface area contributed by atoms with E-state index in [-0.39, 0.29) is 5.25 Å². The Morgan fingerprint density at radius 2 is 1.29 bits per heavy atom. The summed E-state index contributed by atoms with van der Waals surface area (Å²) in [6, 6.07) is 8.85. The van der Waals surface area contributed by atoms with E-state index in [4.69, 9.17) is 4.18 Å². The molecule has 0 heterocycles. The maximum atomic E-state index is 12.6. The molecular formula is C20H34O3S. The zero-order chi connectivity index (χ0) is 17.7. The molecule has 0 aliphatic rings. The normalized spacial score (nSPS) is 12.9. The van der Waals surface area contributed by atoms with Gasteiger partial charge in [0.15, 0.2) is 0 Å². The van der Waals surface area contributed by atoms with E-state index in [1.165, 1.54) is 25.7 Å². The summed E-state index contributed by atoms with van der Waals surface area (Å²) in [5.74, 6) is 0.418. The first kappa shape index (κ1) is 21.0. The Balaban J connectivity index is 2.55. The van der Waals surface area contributed by atoms with Gasteiger partial charge >= 0.3 is 10.1 Å². The van der Waals surface area contributed by atoms with Gasteiger partial charge in [0.25, 0.3) is 0 Å². The van der Waals surface area contributed by atoms with E-state index in [1.54, 1.807) is 24.3 Å². The Kier molecular flexibility index (Phi) is 10.8. The van der Waals surface area contributed by atoms with E-state index < -0.39 is 10.1 Å². The van der Waals surface area contributed by atoms with E-state index in [1.807, 2.05) is 6.07 Å². The number of benzene rings is 1. The lowest BCUT2D eigenvalue weighted by molar-refractivity contribution is 0.448. The lowest BCUT2D eigenvalue weighted by atomic mass is 10.0. The second-order valence-electron chi connectivity index (χ2n) is 6.56. The van der Waals surface area contributed by atoms with Crippen LogP contribution in [0.4, 0.5) is 0 Å². The summed E-state index contributed by atoms with van der Waals surface area (Å²) < 4.78 is 30.6. The molecule has 1 aromatic rings. The lowest BCUT2D eigenvalue weighted by Gasteiger charge is -2.18. The summed E-state index contributed by atoms with van der Waals surface area (Å²) >= 11 is 0. The molecule has 0 bridgehead atoms. The number of hydrogen-bond donors (Lipinski definition) is 0. The highest BCUT2D eigenvalue weighted by Crippen LogP contribution is 2.22. The monoisotopic (exact) mass is 354 g/mol. The van der Waals surface area contributed by atoms with E-state index in [2.05, 4.69) is 13.8 Å². The molecule has 1 unspecified atom stereocenters. The largest absolute Gasteiger partial charge is 0.382 e. The van der Waals surface area contributed by atoms with E-state index in [9.17, 15) is 8.42 Å². The Bertz CT molecular complexity index is 511. The van der Waals surface area contributed by atoms with Crippen molar-refractivity contribution in [1.29, 1.82) is 0 Å². The minimum atomic E-state index is -3.55. The van der Waals surface area contributed by atoms with Crippen molar-refractivity contribution >= 4 is 10.1 Å². The number of rotatable bonds is 14. The van der Waals surface area contributed by atoms with Crippen LogP contribution in [0.2, 0.25) is 0 Å². The van der Waals surface area contributed by atoms with Crippen LogP contribution in [0.5, 0.6) is 5.75 Å². The fourth-order valence-electron chi connectivity index (χ4n) is 2.89. The van der Waals surface area contributed by atoms with Crippen molar-refractivity contribution in [3.8, 4) is 5.75 Å². The van der Waals surface area contributed by atoms with Crippen LogP contribution >= 0.6 is 0 Å². The first-order valence-electron chi connectivity index (χ1n) is 9.58. The van der Waals surface area contributed by atoms with Gasteiger partial charge in [-0.1, -0.05) is 89.8 Å². The van der Waals surface area contributed by atoms with Crippen LogP contribution in [0.3, 0.4) is 0 Å². The zero-order valence-electron chi connectivity index (χ0n) is 15.4. The Labute approximate surface area is 148 Å². The summed E-state index contributed by atoms with van der Waals surface area (Å²) in [4.78, 5) is 0. The SMILES string of the molecule is CCCCCCCCC(CCCCC)S(=O)(=O)Oc1ccccc1. The highest BCUT2D eigenvalue weighted by Gasteiger charge is 2.26. The number of hydrogen-bond acceptors (Lipinski definition) is 3. The molecule has 0 saturated carbocycles. The molecule has 4 heteroatoms. The van der Waals surface area contributed by atoms with Crippen molar-refractivity contribution < 1.29 is 12.6 Å². The first-order chi connectivity index (χ1) is 11.6. The summed E-state index contributed by atoms with van der Waals surface area (Å²) in [7, 11) is -3.55. The fourth-order valence-corrected chi connectivity index (χ4v) is 4.31. The molecule has 0 aliphatic carbocycles. The average Bonchev–Trinajstić information content (AvgIpc) is 2.56. The molecule has 0 amide bonds. The van der Waals surface area contributed by atoms with Crippen molar-refractivity contribution in [3.63, 3.8) is 0 Å². The molecule has 0 N–H and O–H groups in total. The van der Waals surface area contributed by atoms with Crippen molar-refractivity contribution in [2.24, 2.45) is 0 Å². The third-order valence-electron chi connectivity index (χ3n) is 4.37. The quantitative estimate of drug-likeness (QED) is 0.300. The van der Waals surface area contributed by atoms with Gasteiger partial charge in [0, 0.05) is 0 Å². The van der Waals surface area contributed by atoms with Crippen LogP contribution in [0, 0.1) is 0 Å². The molecule has 0 spiro atoms. The van der Waals surface area contributed by atoms with Gasteiger partial charge in [-0.05, 0) is 25.0 Å². The summed E-state index contributed by atoms with van der Waals surface area (Å²) in [5, 5.41) is -0.379. The predicted octanol–water partition coefficient (Wildman–Crippen LogP) is 6.09. The minimum Gasteiger partial charge on any atom is -0.382 e. The molecule has 1 aromatic carbocycles. The second kappa shape index (κ2) is 12.3. The van der Waals surface area contributed by atoms with Crippen molar-refractivity contribution in [1.82, 2.24) is 0 Å². The molecule has 1 atom stereocenters. The molecule has 0 fully saturated rings. The zero-order valence-corrected chi connectivity index (χ0v) is 16.2. The molecule has 1 rings (SSSR count). The maximum absolute atomic E-state index is 12.6. The highest BCUT2D eigenvalue weighted by atomic mass is 32.2. The molecular weight excluding hydrogens is 320 g/mol. The standard InChI is InChI=1S/C20H34O3S/c1-3-5-7-8-9-14-18-20(17-11-6-4-2)24(21,22)23-19-15-12-10-13-16-19/h10,12-13,15-16,20H,3-9,11,14,17-18H2,1-2H3. The summed E-state index contributed by atoms with van der Waals surface area (Å²) in [5.41, 5.74) is 0. The summed E-state index contributed by atoms with van der Waals surface area (Å²) in [6.45, 7) is 4.34. The van der Waals surface area contributed by atoms with Gasteiger partial charge < -0.3 is 4.18 Å². The van der Waals surface area contributed by atoms with Gasteiger partial charge in [0.2, 0.25) is 0 Å². The van der Waals surface area contributed by atoms with E-state index >= 15 is 0 Å². The van der Waals surface area contributed by atoms with Gasteiger partial charge in [-0.25, -0.2) is 0 Å². The average molecular weight is 355 g/mol. The van der Waals surface area contributed by atoms with E-state index in [0.717, 1.165) is 32.1 Å². The molecule has 138 valence electrons. The van der Waals surface area contributed by atoms with Crippen LogP contribution in [-0.2, 0) is 10.1 Å². The van der Waals surface area contributed by atoms with Crippen molar-refractivity contribution in [3.05, 3.63) is 30.3 Å². The Hall–Kier alpha value is -1.03. The highest BCUT2D eigenvalue weighted by molar-refractivity contribution is 7.87. The van der Waals surface area contributed by atoms with E-state index in [0.29, 0.717) is 18.6 Å².